The van der Waals surface area contributed by atoms with E-state index in [1.54, 1.807) is 0 Å². The van der Waals surface area contributed by atoms with Gasteiger partial charge >= 0.3 is 5.97 Å². The summed E-state index contributed by atoms with van der Waals surface area (Å²) in [6.45, 7) is 8.58. The molecule has 0 fully saturated rings. The molecule has 0 radical (unpaired) electrons. The Morgan fingerprint density at radius 1 is 1.31 bits per heavy atom. The van der Waals surface area contributed by atoms with Crippen LogP contribution in [0, 0.1) is 0 Å². The molecule has 142 valence electrons. The first kappa shape index (κ1) is 19.8. The largest absolute Gasteiger partial charge is 0.459 e. The summed E-state index contributed by atoms with van der Waals surface area (Å²) in [6, 6.07) is 7.79. The first-order chi connectivity index (χ1) is 12.3. The number of guanidine groups is 1. The van der Waals surface area contributed by atoms with Crippen molar-refractivity contribution < 1.29 is 14.3 Å². The lowest BCUT2D eigenvalue weighted by Crippen LogP contribution is -2.41. The van der Waals surface area contributed by atoms with E-state index in [0.717, 1.165) is 11.3 Å². The number of hydrogen-bond acceptors (Lipinski definition) is 4. The van der Waals surface area contributed by atoms with Gasteiger partial charge in [-0.25, -0.2) is 4.99 Å². The zero-order chi connectivity index (χ0) is 19.2. The minimum Gasteiger partial charge on any atom is -0.459 e. The summed E-state index contributed by atoms with van der Waals surface area (Å²) in [5.74, 6) is 0.204. The molecule has 1 aliphatic rings. The van der Waals surface area contributed by atoms with Crippen molar-refractivity contribution in [1.82, 2.24) is 10.6 Å². The van der Waals surface area contributed by atoms with E-state index in [4.69, 9.17) is 4.74 Å². The molecule has 26 heavy (non-hydrogen) atoms. The van der Waals surface area contributed by atoms with Crippen molar-refractivity contribution in [3.8, 4) is 0 Å². The average Bonchev–Trinajstić information content (AvgIpc) is 2.55. The summed E-state index contributed by atoms with van der Waals surface area (Å²) in [7, 11) is 0. The van der Waals surface area contributed by atoms with Gasteiger partial charge in [0.1, 0.15) is 12.1 Å². The van der Waals surface area contributed by atoms with Crippen LogP contribution >= 0.6 is 0 Å². The second kappa shape index (κ2) is 8.69. The van der Waals surface area contributed by atoms with Crippen molar-refractivity contribution in [2.24, 2.45) is 4.99 Å². The van der Waals surface area contributed by atoms with E-state index >= 15 is 0 Å². The maximum absolute atomic E-state index is 11.9. The van der Waals surface area contributed by atoms with Crippen LogP contribution < -0.4 is 16.0 Å². The molecule has 0 aromatic heterocycles. The number of esters is 1. The van der Waals surface area contributed by atoms with Gasteiger partial charge in [-0.15, -0.1) is 0 Å². The molecule has 2 rings (SSSR count). The maximum Gasteiger partial charge on any atom is 0.328 e. The summed E-state index contributed by atoms with van der Waals surface area (Å²) in [5.41, 5.74) is 1.42. The standard InChI is InChI=1S/C19H28N4O3/c1-5-20-18(22-12-17(25)26-19(2,3)4)21-11-13-10-16(24)23-15-9-7-6-8-14(13)15/h6-9,13H,5,10-12H2,1-4H3,(H,23,24)(H2,20,21,22). The fourth-order valence-electron chi connectivity index (χ4n) is 2.76. The van der Waals surface area contributed by atoms with Crippen LogP contribution in [0.15, 0.2) is 29.3 Å². The van der Waals surface area contributed by atoms with Gasteiger partial charge in [-0.1, -0.05) is 18.2 Å². The van der Waals surface area contributed by atoms with Gasteiger partial charge in [-0.2, -0.15) is 0 Å². The van der Waals surface area contributed by atoms with Gasteiger partial charge in [0.25, 0.3) is 0 Å². The number of anilines is 1. The molecule has 1 aromatic rings. The summed E-state index contributed by atoms with van der Waals surface area (Å²) in [4.78, 5) is 28.0. The normalized spacial score (nSPS) is 17.2. The van der Waals surface area contributed by atoms with Crippen molar-refractivity contribution >= 4 is 23.5 Å². The Balaban J connectivity index is 1.99. The van der Waals surface area contributed by atoms with Crippen molar-refractivity contribution in [3.63, 3.8) is 0 Å². The zero-order valence-corrected chi connectivity index (χ0v) is 15.9. The fraction of sp³-hybridized carbons (Fsp3) is 0.526. The molecule has 3 N–H and O–H groups in total. The van der Waals surface area contributed by atoms with Crippen molar-refractivity contribution in [1.29, 1.82) is 0 Å². The molecule has 7 heteroatoms. The third-order valence-corrected chi connectivity index (χ3v) is 3.75. The van der Waals surface area contributed by atoms with Crippen LogP contribution in [-0.4, -0.2) is 43.1 Å². The number of nitrogens with zero attached hydrogens (tertiary/aromatic N) is 1. The number of fused-ring (bicyclic) bond motifs is 1. The molecule has 1 aromatic carbocycles. The van der Waals surface area contributed by atoms with E-state index < -0.39 is 5.60 Å². The van der Waals surface area contributed by atoms with Crippen molar-refractivity contribution in [3.05, 3.63) is 29.8 Å². The average molecular weight is 360 g/mol. The Kier molecular flexibility index (Phi) is 6.60. The molecule has 1 atom stereocenters. The number of carbonyl (C=O) groups excluding carboxylic acids is 2. The number of amides is 1. The predicted octanol–water partition coefficient (Wildman–Crippen LogP) is 2.01. The monoisotopic (exact) mass is 360 g/mol. The molecular weight excluding hydrogens is 332 g/mol. The summed E-state index contributed by atoms with van der Waals surface area (Å²) in [6.07, 6.45) is 0.412. The van der Waals surface area contributed by atoms with Crippen LogP contribution in [0.5, 0.6) is 0 Å². The van der Waals surface area contributed by atoms with E-state index in [1.807, 2.05) is 52.0 Å². The molecule has 0 aliphatic carbocycles. The molecule has 1 unspecified atom stereocenters. The van der Waals surface area contributed by atoms with E-state index in [1.165, 1.54) is 0 Å². The van der Waals surface area contributed by atoms with E-state index in [2.05, 4.69) is 20.9 Å². The molecule has 0 bridgehead atoms. The van der Waals surface area contributed by atoms with Crippen LogP contribution in [0.4, 0.5) is 5.69 Å². The second-order valence-electron chi connectivity index (χ2n) is 7.20. The molecule has 1 amide bonds. The maximum atomic E-state index is 11.9. The third-order valence-electron chi connectivity index (χ3n) is 3.75. The van der Waals surface area contributed by atoms with Crippen molar-refractivity contribution in [2.45, 2.75) is 45.6 Å². The minimum atomic E-state index is -0.530. The first-order valence-corrected chi connectivity index (χ1v) is 8.91. The van der Waals surface area contributed by atoms with Crippen LogP contribution in [0.3, 0.4) is 0 Å². The Morgan fingerprint density at radius 2 is 2.04 bits per heavy atom. The Hall–Kier alpha value is -2.57. The second-order valence-corrected chi connectivity index (χ2v) is 7.20. The number of ether oxygens (including phenoxy) is 1. The Labute approximate surface area is 154 Å². The number of hydrogen-bond donors (Lipinski definition) is 3. The quantitative estimate of drug-likeness (QED) is 0.424. The molecular formula is C19H28N4O3. The molecule has 0 saturated carbocycles. The highest BCUT2D eigenvalue weighted by Gasteiger charge is 2.24. The summed E-state index contributed by atoms with van der Waals surface area (Å²) in [5, 5.41) is 9.22. The molecule has 7 nitrogen and oxygen atoms in total. The topological polar surface area (TPSA) is 91.8 Å². The van der Waals surface area contributed by atoms with Gasteiger partial charge in [0.15, 0.2) is 5.96 Å². The number of para-hydroxylation sites is 1. The predicted molar refractivity (Wildman–Crippen MR) is 102 cm³/mol. The molecule has 1 aliphatic heterocycles. The van der Waals surface area contributed by atoms with Crippen molar-refractivity contribution in [2.75, 3.05) is 25.0 Å². The lowest BCUT2D eigenvalue weighted by Gasteiger charge is -2.26. The van der Waals surface area contributed by atoms with Crippen LogP contribution in [-0.2, 0) is 14.3 Å². The SMILES string of the molecule is CCNC(=NCC(=O)OC(C)(C)C)NCC1CC(=O)Nc2ccccc21. The Bertz CT molecular complexity index is 680. The highest BCUT2D eigenvalue weighted by atomic mass is 16.6. The number of benzene rings is 1. The zero-order valence-electron chi connectivity index (χ0n) is 15.9. The van der Waals surface area contributed by atoms with E-state index in [0.29, 0.717) is 25.5 Å². The lowest BCUT2D eigenvalue weighted by atomic mass is 9.90. The Morgan fingerprint density at radius 3 is 2.73 bits per heavy atom. The highest BCUT2D eigenvalue weighted by molar-refractivity contribution is 5.94. The lowest BCUT2D eigenvalue weighted by molar-refractivity contribution is -0.152. The van der Waals surface area contributed by atoms with Gasteiger partial charge in [0.2, 0.25) is 5.91 Å². The third kappa shape index (κ3) is 6.06. The minimum absolute atomic E-state index is 0.00574. The first-order valence-electron chi connectivity index (χ1n) is 8.91. The van der Waals surface area contributed by atoms with Gasteiger partial charge in [-0.3, -0.25) is 9.59 Å². The van der Waals surface area contributed by atoms with Gasteiger partial charge < -0.3 is 20.7 Å². The van der Waals surface area contributed by atoms with Gasteiger partial charge in [-0.05, 0) is 39.3 Å². The molecule has 1 heterocycles. The smallest absolute Gasteiger partial charge is 0.328 e. The van der Waals surface area contributed by atoms with Crippen LogP contribution in [0.1, 0.15) is 45.6 Å². The number of carbonyl (C=O) groups is 2. The van der Waals surface area contributed by atoms with Crippen LogP contribution in [0.2, 0.25) is 0 Å². The summed E-state index contributed by atoms with van der Waals surface area (Å²) >= 11 is 0. The molecule has 0 saturated heterocycles. The van der Waals surface area contributed by atoms with E-state index in [-0.39, 0.29) is 24.3 Å². The van der Waals surface area contributed by atoms with Gasteiger partial charge in [0, 0.05) is 31.1 Å². The van der Waals surface area contributed by atoms with E-state index in [9.17, 15) is 9.59 Å². The summed E-state index contributed by atoms with van der Waals surface area (Å²) < 4.78 is 5.27. The van der Waals surface area contributed by atoms with Gasteiger partial charge in [0.05, 0.1) is 0 Å². The van der Waals surface area contributed by atoms with Crippen LogP contribution in [0.25, 0.3) is 0 Å². The fourth-order valence-corrected chi connectivity index (χ4v) is 2.76. The highest BCUT2D eigenvalue weighted by Crippen LogP contribution is 2.31. The number of nitrogens with one attached hydrogen (secondary N) is 3. The molecule has 0 spiro atoms. The number of rotatable bonds is 5. The number of aliphatic imine (C=N–C) groups is 1.